The molecule has 0 aromatic heterocycles. The molecule has 2 aromatic carbocycles. The summed E-state index contributed by atoms with van der Waals surface area (Å²) in [6.45, 7) is 8.57. The zero-order valence-electron chi connectivity index (χ0n) is 18.8. The molecule has 0 spiro atoms. The quantitative estimate of drug-likeness (QED) is 0.603. The first-order valence-electron chi connectivity index (χ1n) is 10.1. The van der Waals surface area contributed by atoms with Gasteiger partial charge < -0.3 is 19.9 Å². The van der Waals surface area contributed by atoms with Crippen molar-refractivity contribution >= 4 is 21.9 Å². The summed E-state index contributed by atoms with van der Waals surface area (Å²) in [6.07, 6.45) is -1.02. The molecule has 1 atom stereocenters. The second-order valence-corrected chi connectivity index (χ2v) is 10.2. The van der Waals surface area contributed by atoms with Crippen LogP contribution in [-0.2, 0) is 30.5 Å². The van der Waals surface area contributed by atoms with E-state index >= 15 is 0 Å². The first-order chi connectivity index (χ1) is 14.8. The molecular weight excluding hydrogens is 434 g/mol. The van der Waals surface area contributed by atoms with E-state index in [-0.39, 0.29) is 34.1 Å². The number of phenols is 1. The summed E-state index contributed by atoms with van der Waals surface area (Å²) in [7, 11) is -4.01. The van der Waals surface area contributed by atoms with Crippen LogP contribution in [0.4, 0.5) is 4.79 Å². The number of phenolic OH excluding ortho intramolecular Hbond substituents is 1. The Bertz CT molecular complexity index is 1070. The number of hydrogen-bond acceptors (Lipinski definition) is 7. The van der Waals surface area contributed by atoms with Gasteiger partial charge in [-0.25, -0.2) is 18.0 Å². The predicted octanol–water partition coefficient (Wildman–Crippen LogP) is 3.53. The zero-order valence-corrected chi connectivity index (χ0v) is 19.7. The minimum absolute atomic E-state index is 0.0442. The second kappa shape index (κ2) is 10.0. The SMILES string of the molecule is CCOC(=O)[C@H](Cc1ccc(O)cc1S(=O)(=O)c1ccc(C)cc1)NC(=O)OC(C)(C)C. The van der Waals surface area contributed by atoms with Gasteiger partial charge in [-0.2, -0.15) is 0 Å². The van der Waals surface area contributed by atoms with Crippen LogP contribution < -0.4 is 5.32 Å². The molecule has 1 amide bonds. The van der Waals surface area contributed by atoms with Gasteiger partial charge in [0.1, 0.15) is 17.4 Å². The third-order valence-electron chi connectivity index (χ3n) is 4.36. The number of amides is 1. The number of aromatic hydroxyl groups is 1. The van der Waals surface area contributed by atoms with Crippen LogP contribution >= 0.6 is 0 Å². The van der Waals surface area contributed by atoms with Crippen molar-refractivity contribution in [2.24, 2.45) is 0 Å². The van der Waals surface area contributed by atoms with Crippen molar-refractivity contribution in [3.05, 3.63) is 53.6 Å². The van der Waals surface area contributed by atoms with Crippen LogP contribution in [0.25, 0.3) is 0 Å². The molecule has 0 aliphatic rings. The van der Waals surface area contributed by atoms with Gasteiger partial charge in [-0.15, -0.1) is 0 Å². The van der Waals surface area contributed by atoms with Gasteiger partial charge in [0.15, 0.2) is 0 Å². The number of carbonyl (C=O) groups is 2. The minimum atomic E-state index is -4.01. The van der Waals surface area contributed by atoms with Crippen LogP contribution in [-0.4, -0.2) is 43.8 Å². The maximum Gasteiger partial charge on any atom is 0.408 e. The second-order valence-electron chi connectivity index (χ2n) is 8.26. The standard InChI is InChI=1S/C23H29NO7S/c1-6-30-21(26)19(24-22(27)31-23(3,4)5)13-16-9-10-17(25)14-20(16)32(28,29)18-11-7-15(2)8-12-18/h7-12,14,19,25H,6,13H2,1-5H3,(H,24,27)/t19-/m0/s1. The molecule has 0 fully saturated rings. The van der Waals surface area contributed by atoms with Gasteiger partial charge in [0, 0.05) is 6.42 Å². The van der Waals surface area contributed by atoms with E-state index in [1.54, 1.807) is 39.8 Å². The monoisotopic (exact) mass is 463 g/mol. The van der Waals surface area contributed by atoms with Crippen molar-refractivity contribution in [2.75, 3.05) is 6.61 Å². The lowest BCUT2D eigenvalue weighted by molar-refractivity contribution is -0.145. The maximum atomic E-state index is 13.3. The van der Waals surface area contributed by atoms with Gasteiger partial charge in [0.05, 0.1) is 16.4 Å². The average Bonchev–Trinajstić information content (AvgIpc) is 2.67. The summed E-state index contributed by atoms with van der Waals surface area (Å²) >= 11 is 0. The molecule has 2 N–H and O–H groups in total. The Kier molecular flexibility index (Phi) is 7.90. The Morgan fingerprint density at radius 2 is 1.72 bits per heavy atom. The topological polar surface area (TPSA) is 119 Å². The summed E-state index contributed by atoms with van der Waals surface area (Å²) in [5, 5.41) is 12.4. The highest BCUT2D eigenvalue weighted by Gasteiger charge is 2.29. The lowest BCUT2D eigenvalue weighted by Gasteiger charge is -2.23. The van der Waals surface area contributed by atoms with E-state index in [9.17, 15) is 23.1 Å². The van der Waals surface area contributed by atoms with Crippen LogP contribution in [0.3, 0.4) is 0 Å². The number of nitrogens with one attached hydrogen (secondary N) is 1. The van der Waals surface area contributed by atoms with Crippen LogP contribution in [0, 0.1) is 6.92 Å². The number of esters is 1. The molecule has 0 heterocycles. The Morgan fingerprint density at radius 1 is 1.09 bits per heavy atom. The van der Waals surface area contributed by atoms with Crippen LogP contribution in [0.5, 0.6) is 5.75 Å². The predicted molar refractivity (Wildman–Crippen MR) is 118 cm³/mol. The van der Waals surface area contributed by atoms with E-state index < -0.39 is 33.5 Å². The van der Waals surface area contributed by atoms with E-state index in [1.165, 1.54) is 24.3 Å². The lowest BCUT2D eigenvalue weighted by atomic mass is 10.1. The number of sulfone groups is 1. The zero-order chi connectivity index (χ0) is 24.1. The highest BCUT2D eigenvalue weighted by atomic mass is 32.2. The molecule has 0 bridgehead atoms. The van der Waals surface area contributed by atoms with Gasteiger partial charge >= 0.3 is 12.1 Å². The fourth-order valence-corrected chi connectivity index (χ4v) is 4.43. The molecule has 0 aliphatic heterocycles. The molecule has 174 valence electrons. The number of aryl methyl sites for hydroxylation is 1. The van der Waals surface area contributed by atoms with Crippen molar-refractivity contribution in [1.29, 1.82) is 0 Å². The van der Waals surface area contributed by atoms with E-state index in [0.29, 0.717) is 0 Å². The number of rotatable bonds is 7. The Balaban J connectivity index is 2.44. The van der Waals surface area contributed by atoms with Crippen LogP contribution in [0.2, 0.25) is 0 Å². The third-order valence-corrected chi connectivity index (χ3v) is 6.21. The summed E-state index contributed by atoms with van der Waals surface area (Å²) < 4.78 is 36.8. The molecule has 32 heavy (non-hydrogen) atoms. The molecule has 8 nitrogen and oxygen atoms in total. The molecule has 9 heteroatoms. The minimum Gasteiger partial charge on any atom is -0.508 e. The largest absolute Gasteiger partial charge is 0.508 e. The first kappa shape index (κ1) is 25.2. The van der Waals surface area contributed by atoms with E-state index in [1.807, 2.05) is 6.92 Å². The normalized spacial score (nSPS) is 12.7. The number of benzene rings is 2. The van der Waals surface area contributed by atoms with E-state index in [0.717, 1.165) is 11.6 Å². The fraction of sp³-hybridized carbons (Fsp3) is 0.391. The number of ether oxygens (including phenoxy) is 2. The van der Waals surface area contributed by atoms with Crippen molar-refractivity contribution in [1.82, 2.24) is 5.32 Å². The van der Waals surface area contributed by atoms with E-state index in [2.05, 4.69) is 5.32 Å². The molecule has 2 rings (SSSR count). The molecule has 0 saturated heterocycles. The molecule has 0 aliphatic carbocycles. The Morgan fingerprint density at radius 3 is 2.28 bits per heavy atom. The van der Waals surface area contributed by atoms with Crippen molar-refractivity contribution in [3.8, 4) is 5.75 Å². The van der Waals surface area contributed by atoms with E-state index in [4.69, 9.17) is 9.47 Å². The number of hydrogen-bond donors (Lipinski definition) is 2. The fourth-order valence-electron chi connectivity index (χ4n) is 2.91. The molecule has 0 unspecified atom stereocenters. The Hall–Kier alpha value is -3.07. The van der Waals surface area contributed by atoms with Crippen molar-refractivity contribution < 1.29 is 32.6 Å². The maximum absolute atomic E-state index is 13.3. The summed E-state index contributed by atoms with van der Waals surface area (Å²) in [5.74, 6) is -0.975. The highest BCUT2D eigenvalue weighted by molar-refractivity contribution is 7.91. The van der Waals surface area contributed by atoms with Gasteiger partial charge in [-0.05, 0) is 64.4 Å². The number of carbonyl (C=O) groups excluding carboxylic acids is 2. The third kappa shape index (κ3) is 6.71. The van der Waals surface area contributed by atoms with Gasteiger partial charge in [0.2, 0.25) is 9.84 Å². The van der Waals surface area contributed by atoms with Crippen LogP contribution in [0.15, 0.2) is 52.3 Å². The van der Waals surface area contributed by atoms with Gasteiger partial charge in [-0.1, -0.05) is 23.8 Å². The summed E-state index contributed by atoms with van der Waals surface area (Å²) in [5.41, 5.74) is 0.336. The summed E-state index contributed by atoms with van der Waals surface area (Å²) in [4.78, 5) is 24.6. The highest BCUT2D eigenvalue weighted by Crippen LogP contribution is 2.29. The molecule has 0 radical (unpaired) electrons. The molecule has 2 aromatic rings. The van der Waals surface area contributed by atoms with Crippen LogP contribution in [0.1, 0.15) is 38.8 Å². The first-order valence-corrected chi connectivity index (χ1v) is 11.6. The van der Waals surface area contributed by atoms with Crippen molar-refractivity contribution in [3.63, 3.8) is 0 Å². The molecular formula is C23H29NO7S. The van der Waals surface area contributed by atoms with Gasteiger partial charge in [0.25, 0.3) is 0 Å². The molecule has 0 saturated carbocycles. The van der Waals surface area contributed by atoms with Gasteiger partial charge in [-0.3, -0.25) is 0 Å². The average molecular weight is 464 g/mol. The lowest BCUT2D eigenvalue weighted by Crippen LogP contribution is -2.45. The smallest absolute Gasteiger partial charge is 0.408 e. The Labute approximate surface area is 188 Å². The number of alkyl carbamates (subject to hydrolysis) is 1. The summed E-state index contributed by atoms with van der Waals surface area (Å²) in [6, 6.07) is 8.93. The van der Waals surface area contributed by atoms with Crippen molar-refractivity contribution in [2.45, 2.75) is 62.5 Å².